The van der Waals surface area contributed by atoms with E-state index in [9.17, 15) is 9.59 Å². The molecule has 2 rings (SSSR count). The molecular weight excluding hydrogens is 304 g/mol. The van der Waals surface area contributed by atoms with Gasteiger partial charge in [-0.25, -0.2) is 0 Å². The van der Waals surface area contributed by atoms with Gasteiger partial charge in [0.2, 0.25) is 11.8 Å². The Bertz CT molecular complexity index is 625. The van der Waals surface area contributed by atoms with Crippen molar-refractivity contribution in [2.75, 3.05) is 25.0 Å². The largest absolute Gasteiger partial charge is 0.494 e. The summed E-state index contributed by atoms with van der Waals surface area (Å²) >= 11 is 0. The number of nitrogens with zero attached hydrogens (tertiary/aromatic N) is 1. The molecule has 0 fully saturated rings. The predicted molar refractivity (Wildman–Crippen MR) is 95.2 cm³/mol. The van der Waals surface area contributed by atoms with Gasteiger partial charge in [-0.15, -0.1) is 0 Å². The molecule has 0 saturated heterocycles. The molecule has 0 radical (unpaired) electrons. The maximum Gasteiger partial charge on any atom is 0.224 e. The second kappa shape index (κ2) is 8.52. The van der Waals surface area contributed by atoms with Gasteiger partial charge < -0.3 is 15.0 Å². The summed E-state index contributed by atoms with van der Waals surface area (Å²) in [6, 6.07) is 5.69. The average molecular weight is 330 g/mol. The molecule has 0 spiro atoms. The molecule has 0 unspecified atom stereocenters. The summed E-state index contributed by atoms with van der Waals surface area (Å²) in [5.74, 6) is 0.980. The summed E-state index contributed by atoms with van der Waals surface area (Å²) in [6.45, 7) is 9.58. The first-order chi connectivity index (χ1) is 11.5. The Labute approximate surface area is 143 Å². The summed E-state index contributed by atoms with van der Waals surface area (Å²) in [7, 11) is 0. The van der Waals surface area contributed by atoms with E-state index in [0.29, 0.717) is 39.0 Å². The van der Waals surface area contributed by atoms with E-state index in [0.717, 1.165) is 29.0 Å². The van der Waals surface area contributed by atoms with E-state index in [2.05, 4.69) is 11.9 Å². The highest BCUT2D eigenvalue weighted by molar-refractivity contribution is 5.94. The minimum Gasteiger partial charge on any atom is -0.494 e. The number of fused-ring (bicyclic) bond motifs is 1. The first-order valence-corrected chi connectivity index (χ1v) is 8.47. The number of carbonyl (C=O) groups is 2. The third kappa shape index (κ3) is 5.11. The highest BCUT2D eigenvalue weighted by atomic mass is 16.5. The molecule has 1 aromatic rings. The lowest BCUT2D eigenvalue weighted by Gasteiger charge is -2.21. The molecule has 1 aromatic carbocycles. The van der Waals surface area contributed by atoms with E-state index < -0.39 is 0 Å². The lowest BCUT2D eigenvalue weighted by molar-refractivity contribution is -0.130. The molecule has 0 aromatic heterocycles. The number of likely N-dealkylation sites (N-methyl/N-ethyl adjacent to an activating group) is 1. The van der Waals surface area contributed by atoms with Crippen LogP contribution in [0.5, 0.6) is 5.75 Å². The first kappa shape index (κ1) is 18.0. The molecule has 5 heteroatoms. The van der Waals surface area contributed by atoms with Crippen LogP contribution in [0.25, 0.3) is 0 Å². The SMILES string of the molecule is C=C(C)CN(CC)C(=O)CCCOc1ccc2c(c1)CCC(=O)N2. The standard InChI is InChI=1S/C19H26N2O3/c1-4-21(13-14(2)3)19(23)6-5-11-24-16-8-9-17-15(12-16)7-10-18(22)20-17/h8-9,12H,2,4-7,10-11,13H2,1,3H3,(H,20,22). The molecule has 0 aliphatic carbocycles. The molecule has 130 valence electrons. The molecule has 1 heterocycles. The number of nitrogens with one attached hydrogen (secondary N) is 1. The second-order valence-electron chi connectivity index (χ2n) is 6.18. The quantitative estimate of drug-likeness (QED) is 0.588. The molecule has 0 saturated carbocycles. The van der Waals surface area contributed by atoms with Crippen molar-refractivity contribution >= 4 is 17.5 Å². The van der Waals surface area contributed by atoms with Gasteiger partial charge in [0.05, 0.1) is 6.61 Å². The maximum atomic E-state index is 12.1. The molecule has 1 aliphatic heterocycles. The molecule has 24 heavy (non-hydrogen) atoms. The van der Waals surface area contributed by atoms with Crippen molar-refractivity contribution < 1.29 is 14.3 Å². The van der Waals surface area contributed by atoms with Gasteiger partial charge in [0.15, 0.2) is 0 Å². The molecular formula is C19H26N2O3. The lowest BCUT2D eigenvalue weighted by Crippen LogP contribution is -2.32. The zero-order valence-electron chi connectivity index (χ0n) is 14.6. The van der Waals surface area contributed by atoms with Crippen LogP contribution < -0.4 is 10.1 Å². The summed E-state index contributed by atoms with van der Waals surface area (Å²) < 4.78 is 5.74. The van der Waals surface area contributed by atoms with Crippen molar-refractivity contribution in [1.29, 1.82) is 0 Å². The number of hydrogen-bond donors (Lipinski definition) is 1. The van der Waals surface area contributed by atoms with E-state index in [-0.39, 0.29) is 11.8 Å². The number of benzene rings is 1. The third-order valence-electron chi connectivity index (χ3n) is 3.97. The van der Waals surface area contributed by atoms with Crippen LogP contribution >= 0.6 is 0 Å². The van der Waals surface area contributed by atoms with Crippen LogP contribution in [0, 0.1) is 0 Å². The van der Waals surface area contributed by atoms with E-state index >= 15 is 0 Å². The fourth-order valence-electron chi connectivity index (χ4n) is 2.72. The van der Waals surface area contributed by atoms with Gasteiger partial charge in [0.25, 0.3) is 0 Å². The van der Waals surface area contributed by atoms with Crippen molar-refractivity contribution in [2.24, 2.45) is 0 Å². The summed E-state index contributed by atoms with van der Waals surface area (Å²) in [6.07, 6.45) is 2.41. The number of amides is 2. The highest BCUT2D eigenvalue weighted by Crippen LogP contribution is 2.26. The third-order valence-corrected chi connectivity index (χ3v) is 3.97. The summed E-state index contributed by atoms with van der Waals surface area (Å²) in [5, 5.41) is 2.85. The summed E-state index contributed by atoms with van der Waals surface area (Å²) in [5.41, 5.74) is 2.96. The van der Waals surface area contributed by atoms with Gasteiger partial charge >= 0.3 is 0 Å². The number of aryl methyl sites for hydroxylation is 1. The number of hydrogen-bond acceptors (Lipinski definition) is 3. The topological polar surface area (TPSA) is 58.6 Å². The Balaban J connectivity index is 1.77. The zero-order chi connectivity index (χ0) is 17.5. The lowest BCUT2D eigenvalue weighted by atomic mass is 10.0. The molecule has 0 bridgehead atoms. The van der Waals surface area contributed by atoms with Crippen LogP contribution in [0.2, 0.25) is 0 Å². The Morgan fingerprint density at radius 1 is 1.38 bits per heavy atom. The number of rotatable bonds is 8. The fourth-order valence-corrected chi connectivity index (χ4v) is 2.72. The second-order valence-corrected chi connectivity index (χ2v) is 6.18. The van der Waals surface area contributed by atoms with Gasteiger partial charge in [0.1, 0.15) is 5.75 Å². The molecule has 5 nitrogen and oxygen atoms in total. The minimum absolute atomic E-state index is 0.0601. The van der Waals surface area contributed by atoms with Crippen LogP contribution in [0.3, 0.4) is 0 Å². The van der Waals surface area contributed by atoms with Crippen LogP contribution in [0.1, 0.15) is 38.7 Å². The molecule has 0 atom stereocenters. The first-order valence-electron chi connectivity index (χ1n) is 8.47. The van der Waals surface area contributed by atoms with Gasteiger partial charge in [-0.1, -0.05) is 12.2 Å². The van der Waals surface area contributed by atoms with Crippen LogP contribution in [0.15, 0.2) is 30.4 Å². The Kier molecular flexibility index (Phi) is 6.41. The Hall–Kier alpha value is -2.30. The van der Waals surface area contributed by atoms with Crippen LogP contribution in [0.4, 0.5) is 5.69 Å². The Morgan fingerprint density at radius 2 is 2.17 bits per heavy atom. The number of anilines is 1. The van der Waals surface area contributed by atoms with Crippen molar-refractivity contribution in [3.63, 3.8) is 0 Å². The van der Waals surface area contributed by atoms with Crippen molar-refractivity contribution in [1.82, 2.24) is 4.90 Å². The average Bonchev–Trinajstić information content (AvgIpc) is 2.56. The van der Waals surface area contributed by atoms with E-state index in [1.807, 2.05) is 36.9 Å². The van der Waals surface area contributed by atoms with Crippen LogP contribution in [-0.4, -0.2) is 36.4 Å². The number of ether oxygens (including phenoxy) is 1. The van der Waals surface area contributed by atoms with Gasteiger partial charge in [0, 0.05) is 31.6 Å². The Morgan fingerprint density at radius 3 is 2.88 bits per heavy atom. The zero-order valence-corrected chi connectivity index (χ0v) is 14.6. The van der Waals surface area contributed by atoms with Gasteiger partial charge in [-0.2, -0.15) is 0 Å². The maximum absolute atomic E-state index is 12.1. The van der Waals surface area contributed by atoms with Crippen molar-refractivity contribution in [3.8, 4) is 5.75 Å². The van der Waals surface area contributed by atoms with E-state index in [4.69, 9.17) is 4.74 Å². The molecule has 1 N–H and O–H groups in total. The van der Waals surface area contributed by atoms with Crippen molar-refractivity contribution in [2.45, 2.75) is 39.5 Å². The van der Waals surface area contributed by atoms with Gasteiger partial charge in [-0.3, -0.25) is 9.59 Å². The fraction of sp³-hybridized carbons (Fsp3) is 0.474. The highest BCUT2D eigenvalue weighted by Gasteiger charge is 2.15. The molecule has 1 aliphatic rings. The molecule has 2 amide bonds. The van der Waals surface area contributed by atoms with E-state index in [1.54, 1.807) is 0 Å². The normalized spacial score (nSPS) is 13.0. The predicted octanol–water partition coefficient (Wildman–Crippen LogP) is 3.15. The number of carbonyl (C=O) groups excluding carboxylic acids is 2. The smallest absolute Gasteiger partial charge is 0.224 e. The van der Waals surface area contributed by atoms with Gasteiger partial charge in [-0.05, 0) is 50.5 Å². The summed E-state index contributed by atoms with van der Waals surface area (Å²) in [4.78, 5) is 25.3. The minimum atomic E-state index is 0.0601. The monoisotopic (exact) mass is 330 g/mol. The van der Waals surface area contributed by atoms with E-state index in [1.165, 1.54) is 0 Å². The van der Waals surface area contributed by atoms with Crippen molar-refractivity contribution in [3.05, 3.63) is 35.9 Å². The van der Waals surface area contributed by atoms with Crippen LogP contribution in [-0.2, 0) is 16.0 Å².